The molecular weight excluding hydrogens is 260 g/mol. The molecule has 6 heteroatoms. The van der Waals surface area contributed by atoms with Crippen LogP contribution in [0.3, 0.4) is 0 Å². The van der Waals surface area contributed by atoms with Crippen LogP contribution in [0.15, 0.2) is 36.5 Å². The molecule has 2 aromatic rings. The van der Waals surface area contributed by atoms with E-state index >= 15 is 0 Å². The second-order valence-corrected chi connectivity index (χ2v) is 4.39. The molecule has 1 atom stereocenters. The standard InChI is InChI=1S/C14H14N2O4/c1-9-4-3-5-12(14(9)16(18)19)20-13-7-6-11(8-15-13)10(2)17/h3-8,10,17H,1-2H3/t10-/m0/s1. The van der Waals surface area contributed by atoms with Crippen molar-refractivity contribution in [3.63, 3.8) is 0 Å². The maximum Gasteiger partial charge on any atom is 0.314 e. The Morgan fingerprint density at radius 3 is 2.65 bits per heavy atom. The van der Waals surface area contributed by atoms with E-state index in [0.29, 0.717) is 11.1 Å². The number of benzene rings is 1. The van der Waals surface area contributed by atoms with E-state index in [-0.39, 0.29) is 17.3 Å². The predicted octanol–water partition coefficient (Wildman–Crippen LogP) is 3.14. The third kappa shape index (κ3) is 2.92. The van der Waals surface area contributed by atoms with Gasteiger partial charge in [-0.15, -0.1) is 0 Å². The van der Waals surface area contributed by atoms with Crippen molar-refractivity contribution in [1.29, 1.82) is 0 Å². The van der Waals surface area contributed by atoms with E-state index < -0.39 is 11.0 Å². The van der Waals surface area contributed by atoms with Crippen molar-refractivity contribution < 1.29 is 14.8 Å². The number of rotatable bonds is 4. The molecular formula is C14H14N2O4. The quantitative estimate of drug-likeness (QED) is 0.683. The first-order chi connectivity index (χ1) is 9.49. The molecule has 0 aliphatic heterocycles. The molecule has 1 aromatic carbocycles. The van der Waals surface area contributed by atoms with Gasteiger partial charge in [0.2, 0.25) is 11.6 Å². The van der Waals surface area contributed by atoms with Gasteiger partial charge in [0.1, 0.15) is 0 Å². The summed E-state index contributed by atoms with van der Waals surface area (Å²) in [5.41, 5.74) is 1.10. The number of hydrogen-bond acceptors (Lipinski definition) is 5. The Bertz CT molecular complexity index is 624. The number of nitro groups is 1. The topological polar surface area (TPSA) is 85.5 Å². The fourth-order valence-electron chi connectivity index (χ4n) is 1.76. The number of aliphatic hydroxyl groups excluding tert-OH is 1. The molecule has 0 aliphatic carbocycles. The maximum absolute atomic E-state index is 11.0. The SMILES string of the molecule is Cc1cccc(Oc2ccc([C@H](C)O)cn2)c1[N+](=O)[O-]. The minimum atomic E-state index is -0.621. The van der Waals surface area contributed by atoms with E-state index in [1.54, 1.807) is 38.1 Å². The van der Waals surface area contributed by atoms with Crippen LogP contribution < -0.4 is 4.74 Å². The number of ether oxygens (including phenoxy) is 1. The van der Waals surface area contributed by atoms with Gasteiger partial charge in [-0.2, -0.15) is 0 Å². The van der Waals surface area contributed by atoms with Crippen molar-refractivity contribution >= 4 is 5.69 Å². The van der Waals surface area contributed by atoms with Crippen LogP contribution in [-0.2, 0) is 0 Å². The molecule has 1 heterocycles. The summed E-state index contributed by atoms with van der Waals surface area (Å²) in [5, 5.41) is 20.4. The number of para-hydroxylation sites is 1. The molecule has 2 rings (SSSR count). The van der Waals surface area contributed by atoms with Gasteiger partial charge >= 0.3 is 5.69 Å². The summed E-state index contributed by atoms with van der Waals surface area (Å²) in [6.45, 7) is 3.28. The van der Waals surface area contributed by atoms with E-state index in [0.717, 1.165) is 0 Å². The van der Waals surface area contributed by atoms with E-state index in [4.69, 9.17) is 4.74 Å². The van der Waals surface area contributed by atoms with Gasteiger partial charge < -0.3 is 9.84 Å². The van der Waals surface area contributed by atoms with Crippen molar-refractivity contribution in [2.75, 3.05) is 0 Å². The molecule has 0 amide bonds. The molecule has 104 valence electrons. The molecule has 1 N–H and O–H groups in total. The van der Waals surface area contributed by atoms with Gasteiger partial charge in [-0.25, -0.2) is 4.98 Å². The summed E-state index contributed by atoms with van der Waals surface area (Å²) < 4.78 is 5.45. The Labute approximate surface area is 115 Å². The number of nitrogens with zero attached hydrogens (tertiary/aromatic N) is 2. The van der Waals surface area contributed by atoms with Crippen LogP contribution in [0.25, 0.3) is 0 Å². The lowest BCUT2D eigenvalue weighted by Crippen LogP contribution is -1.98. The second-order valence-electron chi connectivity index (χ2n) is 4.39. The van der Waals surface area contributed by atoms with Crippen LogP contribution in [0.2, 0.25) is 0 Å². The van der Waals surface area contributed by atoms with Crippen LogP contribution in [0.4, 0.5) is 5.69 Å². The van der Waals surface area contributed by atoms with Crippen molar-refractivity contribution in [2.45, 2.75) is 20.0 Å². The lowest BCUT2D eigenvalue weighted by Gasteiger charge is -2.08. The molecule has 0 unspecified atom stereocenters. The monoisotopic (exact) mass is 274 g/mol. The lowest BCUT2D eigenvalue weighted by atomic mass is 10.2. The summed E-state index contributed by atoms with van der Waals surface area (Å²) >= 11 is 0. The van der Waals surface area contributed by atoms with Crippen LogP contribution >= 0.6 is 0 Å². The van der Waals surface area contributed by atoms with E-state index in [9.17, 15) is 15.2 Å². The Hall–Kier alpha value is -2.47. The van der Waals surface area contributed by atoms with Crippen molar-refractivity contribution in [3.8, 4) is 11.6 Å². The molecule has 0 saturated carbocycles. The lowest BCUT2D eigenvalue weighted by molar-refractivity contribution is -0.386. The molecule has 0 aliphatic rings. The molecule has 1 aromatic heterocycles. The zero-order valence-electron chi connectivity index (χ0n) is 11.1. The number of pyridine rings is 1. The molecule has 6 nitrogen and oxygen atoms in total. The maximum atomic E-state index is 11.0. The molecule has 0 bridgehead atoms. The van der Waals surface area contributed by atoms with E-state index in [2.05, 4.69) is 4.98 Å². The molecule has 0 radical (unpaired) electrons. The summed E-state index contributed by atoms with van der Waals surface area (Å²) in [6.07, 6.45) is 0.853. The summed E-state index contributed by atoms with van der Waals surface area (Å²) in [4.78, 5) is 14.6. The second kappa shape index (κ2) is 5.66. The number of aromatic nitrogens is 1. The van der Waals surface area contributed by atoms with Gasteiger partial charge in [-0.05, 0) is 31.5 Å². The average Bonchev–Trinajstić information content (AvgIpc) is 2.39. The largest absolute Gasteiger partial charge is 0.432 e. The van der Waals surface area contributed by atoms with Gasteiger partial charge in [-0.1, -0.05) is 12.1 Å². The minimum Gasteiger partial charge on any atom is -0.432 e. The third-order valence-electron chi connectivity index (χ3n) is 2.84. The number of hydrogen-bond donors (Lipinski definition) is 1. The summed E-state index contributed by atoms with van der Waals surface area (Å²) in [6, 6.07) is 8.08. The summed E-state index contributed by atoms with van der Waals surface area (Å²) in [5.74, 6) is 0.385. The van der Waals surface area contributed by atoms with Gasteiger partial charge in [0, 0.05) is 17.8 Å². The molecule has 0 fully saturated rings. The number of aryl methyl sites for hydroxylation is 1. The zero-order valence-corrected chi connectivity index (χ0v) is 11.1. The Kier molecular flexibility index (Phi) is 3.95. The Balaban J connectivity index is 2.30. The zero-order chi connectivity index (χ0) is 14.7. The van der Waals surface area contributed by atoms with E-state index in [1.165, 1.54) is 12.3 Å². The van der Waals surface area contributed by atoms with Crippen LogP contribution in [-0.4, -0.2) is 15.0 Å². The highest BCUT2D eigenvalue weighted by molar-refractivity contribution is 5.53. The predicted molar refractivity (Wildman–Crippen MR) is 72.8 cm³/mol. The van der Waals surface area contributed by atoms with Gasteiger partial charge in [0.15, 0.2) is 0 Å². The molecule has 0 saturated heterocycles. The first-order valence-electron chi connectivity index (χ1n) is 6.05. The van der Waals surface area contributed by atoms with E-state index in [1.807, 2.05) is 0 Å². The van der Waals surface area contributed by atoms with Crippen LogP contribution in [0, 0.1) is 17.0 Å². The van der Waals surface area contributed by atoms with Crippen LogP contribution in [0.5, 0.6) is 11.6 Å². The highest BCUT2D eigenvalue weighted by atomic mass is 16.6. The normalized spacial score (nSPS) is 11.9. The highest BCUT2D eigenvalue weighted by Crippen LogP contribution is 2.33. The molecule has 0 spiro atoms. The molecule has 20 heavy (non-hydrogen) atoms. The third-order valence-corrected chi connectivity index (χ3v) is 2.84. The van der Waals surface area contributed by atoms with Gasteiger partial charge in [0.25, 0.3) is 0 Å². The number of nitro benzene ring substituents is 1. The minimum absolute atomic E-state index is 0.0751. The number of aliphatic hydroxyl groups is 1. The first-order valence-corrected chi connectivity index (χ1v) is 6.05. The fraction of sp³-hybridized carbons (Fsp3) is 0.214. The Morgan fingerprint density at radius 2 is 2.10 bits per heavy atom. The fourth-order valence-corrected chi connectivity index (χ4v) is 1.76. The van der Waals surface area contributed by atoms with Gasteiger partial charge in [0.05, 0.1) is 11.0 Å². The van der Waals surface area contributed by atoms with Crippen LogP contribution in [0.1, 0.15) is 24.2 Å². The highest BCUT2D eigenvalue weighted by Gasteiger charge is 2.19. The van der Waals surface area contributed by atoms with Crippen molar-refractivity contribution in [2.24, 2.45) is 0 Å². The van der Waals surface area contributed by atoms with Crippen molar-refractivity contribution in [1.82, 2.24) is 4.98 Å². The summed E-state index contributed by atoms with van der Waals surface area (Å²) in [7, 11) is 0. The first kappa shape index (κ1) is 14.0. The Morgan fingerprint density at radius 1 is 1.35 bits per heavy atom. The van der Waals surface area contributed by atoms with Crippen molar-refractivity contribution in [3.05, 3.63) is 57.8 Å². The average molecular weight is 274 g/mol. The van der Waals surface area contributed by atoms with Gasteiger partial charge in [-0.3, -0.25) is 10.1 Å². The smallest absolute Gasteiger partial charge is 0.314 e.